The minimum absolute atomic E-state index is 0.843. The van der Waals surface area contributed by atoms with E-state index in [4.69, 9.17) is 5.73 Å². The lowest BCUT2D eigenvalue weighted by Gasteiger charge is -2.02. The third-order valence-corrected chi connectivity index (χ3v) is 3.10. The Balaban J connectivity index is 2.90. The molecule has 0 rings (SSSR count). The molecule has 1 nitrogen and oxygen atoms in total. The molecular weight excluding hydrogens is 194 g/mol. The molecule has 0 atom stereocenters. The Morgan fingerprint density at radius 3 is 1.50 bits per heavy atom. The largest absolute Gasteiger partial charge is 0.403 e. The first kappa shape index (κ1) is 15.5. The molecule has 0 aliphatic heterocycles. The lowest BCUT2D eigenvalue weighted by molar-refractivity contribution is 0.549. The van der Waals surface area contributed by atoms with Crippen LogP contribution in [0, 0.1) is 0 Å². The van der Waals surface area contributed by atoms with Crippen LogP contribution in [0.2, 0.25) is 0 Å². The molecule has 0 aliphatic rings. The highest BCUT2D eigenvalue weighted by Gasteiger charge is 1.93. The first-order valence-electron chi connectivity index (χ1n) is 7.20. The first-order valence-corrected chi connectivity index (χ1v) is 7.20. The van der Waals surface area contributed by atoms with E-state index >= 15 is 0 Å². The van der Waals surface area contributed by atoms with Gasteiger partial charge in [0.25, 0.3) is 0 Å². The van der Waals surface area contributed by atoms with Gasteiger partial charge in [0.15, 0.2) is 0 Å². The summed E-state index contributed by atoms with van der Waals surface area (Å²) in [7, 11) is 0. The molecule has 0 saturated carbocycles. The molecule has 0 heterocycles. The van der Waals surface area contributed by atoms with Crippen molar-refractivity contribution in [3.8, 4) is 0 Å². The fourth-order valence-electron chi connectivity index (χ4n) is 2.02. The molecule has 1 heteroatoms. The molecule has 0 radical (unpaired) electrons. The Morgan fingerprint density at radius 1 is 0.750 bits per heavy atom. The van der Waals surface area contributed by atoms with Gasteiger partial charge < -0.3 is 5.73 Å². The Bertz CT molecular complexity index is 152. The Kier molecular flexibility index (Phi) is 12.2. The normalized spacial score (nSPS) is 10.6. The molecule has 0 unspecified atom stereocenters. The Hall–Kier alpha value is -0.460. The summed E-state index contributed by atoms with van der Waals surface area (Å²) < 4.78 is 0. The zero-order valence-electron chi connectivity index (χ0n) is 11.3. The van der Waals surface area contributed by atoms with Gasteiger partial charge in [-0.15, -0.1) is 0 Å². The van der Waals surface area contributed by atoms with Crippen molar-refractivity contribution in [1.82, 2.24) is 0 Å². The monoisotopic (exact) mass is 225 g/mol. The summed E-state index contributed by atoms with van der Waals surface area (Å²) in [5, 5.41) is 0. The van der Waals surface area contributed by atoms with Gasteiger partial charge in [-0.2, -0.15) is 0 Å². The van der Waals surface area contributed by atoms with E-state index in [0.29, 0.717) is 0 Å². The van der Waals surface area contributed by atoms with E-state index < -0.39 is 0 Å². The highest BCUT2D eigenvalue weighted by Crippen LogP contribution is 2.12. The van der Waals surface area contributed by atoms with Gasteiger partial charge >= 0.3 is 0 Å². The molecule has 16 heavy (non-hydrogen) atoms. The van der Waals surface area contributed by atoms with Gasteiger partial charge in [-0.05, 0) is 12.8 Å². The third kappa shape index (κ3) is 13.5. The van der Waals surface area contributed by atoms with Gasteiger partial charge in [0.1, 0.15) is 0 Å². The molecule has 2 N–H and O–H groups in total. The lowest BCUT2D eigenvalue weighted by Crippen LogP contribution is -1.93. The number of hydrogen-bond donors (Lipinski definition) is 1. The zero-order valence-corrected chi connectivity index (χ0v) is 11.3. The number of unbranched alkanes of at least 4 members (excludes halogenated alkanes) is 10. The van der Waals surface area contributed by atoms with Crippen molar-refractivity contribution in [3.05, 3.63) is 12.3 Å². The van der Waals surface area contributed by atoms with Crippen LogP contribution in [0.25, 0.3) is 0 Å². The van der Waals surface area contributed by atoms with E-state index in [9.17, 15) is 0 Å². The summed E-state index contributed by atoms with van der Waals surface area (Å²) in [5.74, 6) is 0. The van der Waals surface area contributed by atoms with Gasteiger partial charge in [-0.1, -0.05) is 77.7 Å². The second kappa shape index (κ2) is 12.6. The van der Waals surface area contributed by atoms with Crippen LogP contribution in [0.15, 0.2) is 12.3 Å². The summed E-state index contributed by atoms with van der Waals surface area (Å²) in [4.78, 5) is 0. The number of allylic oxidation sites excluding steroid dienone is 1. The molecule has 0 bridgehead atoms. The van der Waals surface area contributed by atoms with Crippen LogP contribution >= 0.6 is 0 Å². The highest BCUT2D eigenvalue weighted by atomic mass is 14.5. The topological polar surface area (TPSA) is 26.0 Å². The molecule has 0 saturated heterocycles. The third-order valence-electron chi connectivity index (χ3n) is 3.10. The van der Waals surface area contributed by atoms with Crippen molar-refractivity contribution in [3.63, 3.8) is 0 Å². The lowest BCUT2D eigenvalue weighted by atomic mass is 10.1. The zero-order chi connectivity index (χ0) is 12.1. The van der Waals surface area contributed by atoms with Crippen LogP contribution in [-0.4, -0.2) is 0 Å². The number of hydrogen-bond acceptors (Lipinski definition) is 1. The molecule has 0 aromatic heterocycles. The second-order valence-electron chi connectivity index (χ2n) is 4.94. The molecule has 0 fully saturated rings. The van der Waals surface area contributed by atoms with E-state index in [1.54, 1.807) is 0 Å². The van der Waals surface area contributed by atoms with Crippen LogP contribution in [0.1, 0.15) is 84.0 Å². The van der Waals surface area contributed by atoms with E-state index in [2.05, 4.69) is 13.5 Å². The quantitative estimate of drug-likeness (QED) is 0.456. The van der Waals surface area contributed by atoms with Gasteiger partial charge in [0.2, 0.25) is 0 Å². The van der Waals surface area contributed by atoms with E-state index in [1.165, 1.54) is 70.6 Å². The molecule has 0 spiro atoms. The molecular formula is C15H31N. The van der Waals surface area contributed by atoms with Crippen molar-refractivity contribution in [2.45, 2.75) is 84.0 Å². The summed E-state index contributed by atoms with van der Waals surface area (Å²) in [6.07, 6.45) is 16.3. The molecule has 96 valence electrons. The fourth-order valence-corrected chi connectivity index (χ4v) is 2.02. The molecule has 0 amide bonds. The van der Waals surface area contributed by atoms with Crippen molar-refractivity contribution in [2.75, 3.05) is 0 Å². The maximum atomic E-state index is 5.52. The smallest absolute Gasteiger partial charge is 0.000744 e. The summed E-state index contributed by atoms with van der Waals surface area (Å²) >= 11 is 0. The fraction of sp³-hybridized carbons (Fsp3) is 0.867. The van der Waals surface area contributed by atoms with Crippen molar-refractivity contribution in [1.29, 1.82) is 0 Å². The van der Waals surface area contributed by atoms with Crippen LogP contribution < -0.4 is 5.73 Å². The summed E-state index contributed by atoms with van der Waals surface area (Å²) in [5.41, 5.74) is 6.36. The first-order chi connectivity index (χ1) is 7.77. The van der Waals surface area contributed by atoms with Crippen LogP contribution in [-0.2, 0) is 0 Å². The predicted octanol–water partition coefficient (Wildman–Crippen LogP) is 5.16. The standard InChI is InChI=1S/C15H31N/c1-3-4-5-6-7-8-9-10-11-12-13-14-15(2)16/h2-14,16H2,1H3. The predicted molar refractivity (Wildman–Crippen MR) is 74.4 cm³/mol. The summed E-state index contributed by atoms with van der Waals surface area (Å²) in [6, 6.07) is 0. The minimum atomic E-state index is 0.843. The van der Waals surface area contributed by atoms with Gasteiger partial charge in [-0.25, -0.2) is 0 Å². The summed E-state index contributed by atoms with van der Waals surface area (Å²) in [6.45, 7) is 5.99. The van der Waals surface area contributed by atoms with E-state index in [-0.39, 0.29) is 0 Å². The molecule has 0 aromatic rings. The SMILES string of the molecule is C=C(N)CCCCCCCCCCCCC. The number of rotatable bonds is 12. The Labute approximate surface area is 102 Å². The van der Waals surface area contributed by atoms with Crippen LogP contribution in [0.5, 0.6) is 0 Å². The van der Waals surface area contributed by atoms with Crippen molar-refractivity contribution >= 4 is 0 Å². The Morgan fingerprint density at radius 2 is 1.12 bits per heavy atom. The van der Waals surface area contributed by atoms with E-state index in [0.717, 1.165) is 12.1 Å². The van der Waals surface area contributed by atoms with Crippen LogP contribution in [0.3, 0.4) is 0 Å². The van der Waals surface area contributed by atoms with Gasteiger partial charge in [0.05, 0.1) is 0 Å². The second-order valence-corrected chi connectivity index (χ2v) is 4.94. The molecule has 0 aromatic carbocycles. The van der Waals surface area contributed by atoms with E-state index in [1.807, 2.05) is 0 Å². The van der Waals surface area contributed by atoms with Crippen molar-refractivity contribution < 1.29 is 0 Å². The average molecular weight is 225 g/mol. The van der Waals surface area contributed by atoms with Gasteiger partial charge in [0, 0.05) is 5.70 Å². The molecule has 0 aliphatic carbocycles. The minimum Gasteiger partial charge on any atom is -0.403 e. The highest BCUT2D eigenvalue weighted by molar-refractivity contribution is 4.84. The van der Waals surface area contributed by atoms with Crippen LogP contribution in [0.4, 0.5) is 0 Å². The van der Waals surface area contributed by atoms with Gasteiger partial charge in [-0.3, -0.25) is 0 Å². The average Bonchev–Trinajstić information content (AvgIpc) is 2.25. The van der Waals surface area contributed by atoms with Crippen molar-refractivity contribution in [2.24, 2.45) is 5.73 Å². The number of nitrogens with two attached hydrogens (primary N) is 1. The maximum Gasteiger partial charge on any atom is 0.000744 e. The maximum absolute atomic E-state index is 5.52.